The molecule has 1 fully saturated rings. The van der Waals surface area contributed by atoms with Crippen molar-refractivity contribution in [2.24, 2.45) is 0 Å². The van der Waals surface area contributed by atoms with Crippen LogP contribution in [-0.4, -0.2) is 35.4 Å². The summed E-state index contributed by atoms with van der Waals surface area (Å²) in [6.07, 6.45) is 2.12. The zero-order valence-electron chi connectivity index (χ0n) is 11.0. The van der Waals surface area contributed by atoms with E-state index in [1.165, 1.54) is 18.2 Å². The second-order valence-electron chi connectivity index (χ2n) is 4.72. The monoisotopic (exact) mass is 297 g/mol. The number of hydrogen-bond acceptors (Lipinski definition) is 4. The van der Waals surface area contributed by atoms with E-state index in [9.17, 15) is 14.9 Å². The van der Waals surface area contributed by atoms with Crippen molar-refractivity contribution >= 4 is 23.2 Å². The van der Waals surface area contributed by atoms with Crippen LogP contribution < -0.4 is 5.32 Å². The summed E-state index contributed by atoms with van der Waals surface area (Å²) in [5.74, 6) is 0.0593. The van der Waals surface area contributed by atoms with E-state index in [0.717, 1.165) is 25.9 Å². The number of rotatable bonds is 5. The Morgan fingerprint density at radius 3 is 2.75 bits per heavy atom. The van der Waals surface area contributed by atoms with E-state index in [4.69, 9.17) is 11.6 Å². The minimum atomic E-state index is -0.463. The van der Waals surface area contributed by atoms with Gasteiger partial charge in [-0.2, -0.15) is 0 Å². The van der Waals surface area contributed by atoms with E-state index >= 15 is 0 Å². The van der Waals surface area contributed by atoms with Crippen LogP contribution in [0.1, 0.15) is 18.4 Å². The van der Waals surface area contributed by atoms with Crippen molar-refractivity contribution in [2.75, 3.05) is 19.6 Å². The molecule has 2 rings (SSSR count). The lowest BCUT2D eigenvalue weighted by molar-refractivity contribution is -0.384. The molecule has 1 heterocycles. The Labute approximate surface area is 121 Å². The number of likely N-dealkylation sites (tertiary alicyclic amines) is 1. The van der Waals surface area contributed by atoms with Gasteiger partial charge in [-0.3, -0.25) is 14.9 Å². The van der Waals surface area contributed by atoms with E-state index in [1.54, 1.807) is 0 Å². The topological polar surface area (TPSA) is 75.5 Å². The highest BCUT2D eigenvalue weighted by atomic mass is 35.5. The SMILES string of the molecule is O=C(CNCc1cc([N+](=O)[O-])ccc1Cl)N1CCCC1. The number of nitro benzene ring substituents is 1. The number of benzene rings is 1. The van der Waals surface area contributed by atoms with Gasteiger partial charge in [0.05, 0.1) is 11.5 Å². The first-order valence-electron chi connectivity index (χ1n) is 6.49. The van der Waals surface area contributed by atoms with Crippen molar-refractivity contribution in [3.05, 3.63) is 38.9 Å². The lowest BCUT2D eigenvalue weighted by atomic mass is 10.2. The summed E-state index contributed by atoms with van der Waals surface area (Å²) in [5, 5.41) is 14.1. The normalized spacial score (nSPS) is 14.6. The van der Waals surface area contributed by atoms with Crippen molar-refractivity contribution in [3.8, 4) is 0 Å². The van der Waals surface area contributed by atoms with Gasteiger partial charge in [0.1, 0.15) is 0 Å². The zero-order chi connectivity index (χ0) is 14.5. The third-order valence-electron chi connectivity index (χ3n) is 3.29. The van der Waals surface area contributed by atoms with Crippen LogP contribution in [0.2, 0.25) is 5.02 Å². The number of nitrogens with one attached hydrogen (secondary N) is 1. The molecule has 1 amide bonds. The summed E-state index contributed by atoms with van der Waals surface area (Å²) in [7, 11) is 0. The van der Waals surface area contributed by atoms with Gasteiger partial charge in [0, 0.05) is 36.8 Å². The Kier molecular flexibility index (Phi) is 4.92. The average Bonchev–Trinajstić information content (AvgIpc) is 2.94. The fourth-order valence-electron chi connectivity index (χ4n) is 2.19. The molecule has 1 N–H and O–H groups in total. The van der Waals surface area contributed by atoms with Crippen molar-refractivity contribution in [1.29, 1.82) is 0 Å². The number of nitrogens with zero attached hydrogens (tertiary/aromatic N) is 2. The van der Waals surface area contributed by atoms with Gasteiger partial charge in [0.15, 0.2) is 0 Å². The van der Waals surface area contributed by atoms with Gasteiger partial charge in [0.2, 0.25) is 5.91 Å². The van der Waals surface area contributed by atoms with Gasteiger partial charge in [-0.15, -0.1) is 0 Å². The molecule has 0 radical (unpaired) electrons. The minimum absolute atomic E-state index is 0.00271. The van der Waals surface area contributed by atoms with Crippen LogP contribution in [0.3, 0.4) is 0 Å². The van der Waals surface area contributed by atoms with Gasteiger partial charge in [-0.1, -0.05) is 11.6 Å². The molecule has 6 nitrogen and oxygen atoms in total. The Morgan fingerprint density at radius 1 is 1.40 bits per heavy atom. The first-order valence-corrected chi connectivity index (χ1v) is 6.87. The van der Waals surface area contributed by atoms with Gasteiger partial charge < -0.3 is 10.2 Å². The van der Waals surface area contributed by atoms with Gasteiger partial charge in [-0.25, -0.2) is 0 Å². The summed E-state index contributed by atoms with van der Waals surface area (Å²) in [6, 6.07) is 4.29. The highest BCUT2D eigenvalue weighted by molar-refractivity contribution is 6.31. The molecule has 0 unspecified atom stereocenters. The smallest absolute Gasteiger partial charge is 0.269 e. The fourth-order valence-corrected chi connectivity index (χ4v) is 2.38. The van der Waals surface area contributed by atoms with E-state index in [1.807, 2.05) is 4.90 Å². The number of non-ortho nitro benzene ring substituents is 1. The van der Waals surface area contributed by atoms with Gasteiger partial charge in [0.25, 0.3) is 5.69 Å². The molecule has 0 atom stereocenters. The average molecular weight is 298 g/mol. The maximum absolute atomic E-state index is 11.8. The molecule has 0 bridgehead atoms. The van der Waals surface area contributed by atoms with Crippen LogP contribution in [-0.2, 0) is 11.3 Å². The number of hydrogen-bond donors (Lipinski definition) is 1. The molecule has 0 spiro atoms. The van der Waals surface area contributed by atoms with Crippen LogP contribution in [0.15, 0.2) is 18.2 Å². The van der Waals surface area contributed by atoms with Crippen molar-refractivity contribution in [3.63, 3.8) is 0 Å². The Hall–Kier alpha value is -1.66. The summed E-state index contributed by atoms with van der Waals surface area (Å²) < 4.78 is 0. The minimum Gasteiger partial charge on any atom is -0.342 e. The molecule has 1 aromatic rings. The number of nitro groups is 1. The van der Waals surface area contributed by atoms with E-state index in [2.05, 4.69) is 5.32 Å². The second kappa shape index (κ2) is 6.67. The lowest BCUT2D eigenvalue weighted by Crippen LogP contribution is -2.36. The molecule has 0 saturated carbocycles. The molecule has 1 aliphatic rings. The first kappa shape index (κ1) is 14.7. The summed E-state index contributed by atoms with van der Waals surface area (Å²) in [5.41, 5.74) is 0.618. The van der Waals surface area contributed by atoms with E-state index in [-0.39, 0.29) is 18.1 Å². The zero-order valence-corrected chi connectivity index (χ0v) is 11.7. The van der Waals surface area contributed by atoms with Crippen LogP contribution in [0.25, 0.3) is 0 Å². The Bertz CT molecular complexity index is 516. The quantitative estimate of drug-likeness (QED) is 0.666. The van der Waals surface area contributed by atoms with Crippen molar-refractivity contribution < 1.29 is 9.72 Å². The molecular formula is C13H16ClN3O3. The Balaban J connectivity index is 1.88. The van der Waals surface area contributed by atoms with E-state index < -0.39 is 4.92 Å². The highest BCUT2D eigenvalue weighted by Crippen LogP contribution is 2.21. The summed E-state index contributed by atoms with van der Waals surface area (Å²) in [6.45, 7) is 2.19. The van der Waals surface area contributed by atoms with Crippen molar-refractivity contribution in [1.82, 2.24) is 10.2 Å². The standard InChI is InChI=1S/C13H16ClN3O3/c14-12-4-3-11(17(19)20)7-10(12)8-15-9-13(18)16-5-1-2-6-16/h3-4,7,15H,1-2,5-6,8-9H2. The van der Waals surface area contributed by atoms with E-state index in [0.29, 0.717) is 17.1 Å². The molecule has 0 aliphatic carbocycles. The maximum Gasteiger partial charge on any atom is 0.269 e. The summed E-state index contributed by atoms with van der Waals surface area (Å²) in [4.78, 5) is 23.9. The molecular weight excluding hydrogens is 282 g/mol. The Morgan fingerprint density at radius 2 is 2.10 bits per heavy atom. The van der Waals surface area contributed by atoms with Crippen LogP contribution in [0.4, 0.5) is 5.69 Å². The third-order valence-corrected chi connectivity index (χ3v) is 3.66. The number of carbonyl (C=O) groups is 1. The third kappa shape index (κ3) is 3.68. The van der Waals surface area contributed by atoms with Gasteiger partial charge in [-0.05, 0) is 24.5 Å². The molecule has 7 heteroatoms. The second-order valence-corrected chi connectivity index (χ2v) is 5.13. The predicted octanol–water partition coefficient (Wildman–Crippen LogP) is 1.96. The number of amides is 1. The van der Waals surface area contributed by atoms with Crippen molar-refractivity contribution in [2.45, 2.75) is 19.4 Å². The van der Waals surface area contributed by atoms with Crippen LogP contribution in [0, 0.1) is 10.1 Å². The summed E-state index contributed by atoms with van der Waals surface area (Å²) >= 11 is 5.99. The molecule has 20 heavy (non-hydrogen) atoms. The van der Waals surface area contributed by atoms with Crippen LogP contribution in [0.5, 0.6) is 0 Å². The molecule has 0 aromatic heterocycles. The highest BCUT2D eigenvalue weighted by Gasteiger charge is 2.17. The molecule has 1 aromatic carbocycles. The van der Waals surface area contributed by atoms with Crippen LogP contribution >= 0.6 is 11.6 Å². The fraction of sp³-hybridized carbons (Fsp3) is 0.462. The maximum atomic E-state index is 11.8. The van der Waals surface area contributed by atoms with Gasteiger partial charge >= 0.3 is 0 Å². The lowest BCUT2D eigenvalue weighted by Gasteiger charge is -2.15. The largest absolute Gasteiger partial charge is 0.342 e. The number of carbonyl (C=O) groups excluding carboxylic acids is 1. The first-order chi connectivity index (χ1) is 9.58. The number of halogens is 1. The molecule has 1 saturated heterocycles. The molecule has 108 valence electrons. The predicted molar refractivity (Wildman–Crippen MR) is 75.6 cm³/mol. The molecule has 1 aliphatic heterocycles.